The van der Waals surface area contributed by atoms with Crippen molar-refractivity contribution in [2.24, 2.45) is 0 Å². The number of carbonyl (C=O) groups is 1. The molecule has 4 rings (SSSR count). The zero-order valence-electron chi connectivity index (χ0n) is 28.4. The number of nitrogens with one attached hydrogen (secondary N) is 2. The molecule has 0 spiro atoms. The lowest BCUT2D eigenvalue weighted by molar-refractivity contribution is -0.0570. The predicted molar refractivity (Wildman–Crippen MR) is 176 cm³/mol. The van der Waals surface area contributed by atoms with E-state index in [1.165, 1.54) is 6.33 Å². The molecule has 4 atom stereocenters. The minimum absolute atomic E-state index is 0.00550. The van der Waals surface area contributed by atoms with Crippen molar-refractivity contribution in [3.05, 3.63) is 12.7 Å². The van der Waals surface area contributed by atoms with Crippen molar-refractivity contribution >= 4 is 39.6 Å². The summed E-state index contributed by atoms with van der Waals surface area (Å²) in [5.74, 6) is 0.306. The number of aromatic nitrogens is 4. The van der Waals surface area contributed by atoms with Crippen molar-refractivity contribution < 1.29 is 28.2 Å². The highest BCUT2D eigenvalue weighted by molar-refractivity contribution is 6.74. The van der Waals surface area contributed by atoms with Gasteiger partial charge in [0.2, 0.25) is 0 Å². The van der Waals surface area contributed by atoms with Gasteiger partial charge < -0.3 is 28.7 Å². The monoisotopic (exact) mass is 650 g/mol. The summed E-state index contributed by atoms with van der Waals surface area (Å²) in [5.41, 5.74) is 0.961. The Morgan fingerprint density at radius 2 is 1.64 bits per heavy atom. The number of anilines is 1. The van der Waals surface area contributed by atoms with Crippen molar-refractivity contribution in [3.8, 4) is 0 Å². The molecule has 2 aliphatic rings. The van der Waals surface area contributed by atoms with Gasteiger partial charge in [-0.3, -0.25) is 9.88 Å². The topological polar surface area (TPSA) is 142 Å². The standard InChI is InChI=1S/C30H54N6O6Si2/c1-29(2,3)43(8,9)40-16-21-23(42-44(10,11)30(4,5)6)24(39-7)27(41-21)36-18-33-22-25(31-17-32-26(22)36)35-28(38)34-19-12-14-20(37)15-13-19/h17-21,23-24,27,37H,12-16H2,1-11H3,(H2,31,32,34,35,38)/t19?,20?,21-,23-,24-,27-/m1/s1. The SMILES string of the molecule is CO[C@@H]1[C@H](O[Si](C)(C)C(C)(C)C)[C@@H](CO[Si](C)(C)C(C)(C)C)O[C@H]1n1cnc2c(NC(=O)NC3CCC(O)CC3)ncnc21. The largest absolute Gasteiger partial charge is 0.414 e. The number of aliphatic hydroxyl groups is 1. The summed E-state index contributed by atoms with van der Waals surface area (Å²) >= 11 is 0. The van der Waals surface area contributed by atoms with E-state index in [-0.39, 0.29) is 40.5 Å². The number of ether oxygens (including phenoxy) is 2. The van der Waals surface area contributed by atoms with Gasteiger partial charge >= 0.3 is 6.03 Å². The first-order valence-corrected chi connectivity index (χ1v) is 21.6. The maximum absolute atomic E-state index is 12.8. The van der Waals surface area contributed by atoms with Crippen LogP contribution in [0, 0.1) is 0 Å². The van der Waals surface area contributed by atoms with E-state index in [2.05, 4.69) is 93.3 Å². The number of hydrogen-bond acceptors (Lipinski definition) is 9. The Balaban J connectivity index is 1.60. The number of urea groups is 1. The molecule has 2 aromatic heterocycles. The van der Waals surface area contributed by atoms with Gasteiger partial charge in [-0.15, -0.1) is 0 Å². The third-order valence-corrected chi connectivity index (χ3v) is 19.1. The highest BCUT2D eigenvalue weighted by atomic mass is 28.4. The van der Waals surface area contributed by atoms with E-state index in [4.69, 9.17) is 18.3 Å². The molecule has 0 bridgehead atoms. The van der Waals surface area contributed by atoms with E-state index in [0.717, 1.165) is 12.8 Å². The van der Waals surface area contributed by atoms with Gasteiger partial charge in [0.25, 0.3) is 0 Å². The molecular weight excluding hydrogens is 597 g/mol. The number of aliphatic hydroxyl groups excluding tert-OH is 1. The molecule has 1 aliphatic carbocycles. The third kappa shape index (κ3) is 7.53. The maximum atomic E-state index is 12.8. The van der Waals surface area contributed by atoms with Gasteiger partial charge in [0.15, 0.2) is 39.8 Å². The van der Waals surface area contributed by atoms with Crippen LogP contribution < -0.4 is 10.6 Å². The van der Waals surface area contributed by atoms with Crippen molar-refractivity contribution in [2.75, 3.05) is 19.0 Å². The lowest BCUT2D eigenvalue weighted by Crippen LogP contribution is -2.51. The lowest BCUT2D eigenvalue weighted by atomic mass is 9.93. The van der Waals surface area contributed by atoms with Gasteiger partial charge in [0, 0.05) is 13.2 Å². The van der Waals surface area contributed by atoms with Crippen LogP contribution in [-0.2, 0) is 18.3 Å². The fourth-order valence-electron chi connectivity index (χ4n) is 5.16. The molecule has 0 unspecified atom stereocenters. The number of imidazole rings is 1. The lowest BCUT2D eigenvalue weighted by Gasteiger charge is -2.41. The highest BCUT2D eigenvalue weighted by Crippen LogP contribution is 2.44. The second kappa shape index (κ2) is 13.0. The molecule has 248 valence electrons. The molecule has 0 radical (unpaired) electrons. The van der Waals surface area contributed by atoms with Gasteiger partial charge in [-0.25, -0.2) is 19.7 Å². The molecule has 2 fully saturated rings. The molecule has 1 aliphatic heterocycles. The van der Waals surface area contributed by atoms with E-state index in [1.807, 2.05) is 4.57 Å². The quantitative estimate of drug-likeness (QED) is 0.297. The van der Waals surface area contributed by atoms with E-state index >= 15 is 0 Å². The van der Waals surface area contributed by atoms with Crippen molar-refractivity contribution in [3.63, 3.8) is 0 Å². The van der Waals surface area contributed by atoms with Gasteiger partial charge in [-0.05, 0) is 61.9 Å². The molecule has 3 heterocycles. The minimum Gasteiger partial charge on any atom is -0.414 e. The second-order valence-corrected chi connectivity index (χ2v) is 24.9. The summed E-state index contributed by atoms with van der Waals surface area (Å²) < 4.78 is 28.4. The molecule has 1 saturated heterocycles. The van der Waals surface area contributed by atoms with Crippen molar-refractivity contribution in [1.29, 1.82) is 0 Å². The highest BCUT2D eigenvalue weighted by Gasteiger charge is 2.52. The van der Waals surface area contributed by atoms with Crippen LogP contribution in [0.15, 0.2) is 12.7 Å². The Morgan fingerprint density at radius 1 is 1.00 bits per heavy atom. The molecule has 0 aromatic carbocycles. The van der Waals surface area contributed by atoms with E-state index < -0.39 is 29.0 Å². The fourth-order valence-corrected chi connectivity index (χ4v) is 7.50. The number of methoxy groups -OCH3 is 1. The minimum atomic E-state index is -2.22. The van der Waals surface area contributed by atoms with Crippen LogP contribution in [0.2, 0.25) is 36.3 Å². The summed E-state index contributed by atoms with van der Waals surface area (Å²) in [5, 5.41) is 15.6. The average molecular weight is 651 g/mol. The normalized spacial score (nSPS) is 27.1. The number of rotatable bonds is 9. The predicted octanol–water partition coefficient (Wildman–Crippen LogP) is 5.58. The van der Waals surface area contributed by atoms with Crippen LogP contribution in [0.25, 0.3) is 11.2 Å². The van der Waals surface area contributed by atoms with Crippen LogP contribution >= 0.6 is 0 Å². The Labute approximate surface area is 264 Å². The van der Waals surface area contributed by atoms with Gasteiger partial charge in [0.1, 0.15) is 24.6 Å². The summed E-state index contributed by atoms with van der Waals surface area (Å²) in [6, 6.07) is -0.357. The Hall–Kier alpha value is -1.95. The molecule has 3 N–H and O–H groups in total. The zero-order chi connectivity index (χ0) is 32.7. The fraction of sp³-hybridized carbons (Fsp3) is 0.800. The number of nitrogens with zero attached hydrogens (tertiary/aromatic N) is 4. The van der Waals surface area contributed by atoms with E-state index in [0.29, 0.717) is 36.4 Å². The van der Waals surface area contributed by atoms with Gasteiger partial charge in [-0.2, -0.15) is 0 Å². The van der Waals surface area contributed by atoms with E-state index in [9.17, 15) is 9.90 Å². The van der Waals surface area contributed by atoms with Crippen LogP contribution in [0.1, 0.15) is 73.5 Å². The molecular formula is C30H54N6O6Si2. The molecule has 1 saturated carbocycles. The van der Waals surface area contributed by atoms with Crippen LogP contribution in [0.3, 0.4) is 0 Å². The molecule has 2 amide bonds. The number of carbonyl (C=O) groups excluding carboxylic acids is 1. The first-order valence-electron chi connectivity index (χ1n) is 15.8. The second-order valence-electron chi connectivity index (χ2n) is 15.3. The summed E-state index contributed by atoms with van der Waals surface area (Å²) in [4.78, 5) is 26.3. The number of amides is 2. The Kier molecular flexibility index (Phi) is 10.4. The zero-order valence-corrected chi connectivity index (χ0v) is 30.4. The average Bonchev–Trinajstić information content (AvgIpc) is 3.49. The molecule has 12 nitrogen and oxygen atoms in total. The first-order chi connectivity index (χ1) is 20.3. The Morgan fingerprint density at radius 3 is 2.23 bits per heavy atom. The Bertz CT molecular complexity index is 1290. The van der Waals surface area contributed by atoms with Gasteiger partial charge in [0.05, 0.1) is 19.0 Å². The van der Waals surface area contributed by atoms with E-state index in [1.54, 1.807) is 13.4 Å². The van der Waals surface area contributed by atoms with Gasteiger partial charge in [-0.1, -0.05) is 41.5 Å². The van der Waals surface area contributed by atoms with Crippen LogP contribution in [-0.4, -0.2) is 91.5 Å². The third-order valence-electron chi connectivity index (χ3n) is 10.1. The number of fused-ring (bicyclic) bond motifs is 1. The molecule has 14 heteroatoms. The smallest absolute Gasteiger partial charge is 0.320 e. The molecule has 2 aromatic rings. The van der Waals surface area contributed by atoms with Crippen LogP contribution in [0.5, 0.6) is 0 Å². The summed E-state index contributed by atoms with van der Waals surface area (Å²) in [6.07, 6.45) is 3.82. The summed E-state index contributed by atoms with van der Waals surface area (Å²) in [7, 11) is -2.61. The maximum Gasteiger partial charge on any atom is 0.320 e. The molecule has 44 heavy (non-hydrogen) atoms. The summed E-state index contributed by atoms with van der Waals surface area (Å²) in [6.45, 7) is 22.7. The number of hydrogen-bond donors (Lipinski definition) is 3. The van der Waals surface area contributed by atoms with Crippen molar-refractivity contribution in [2.45, 2.75) is 140 Å². The van der Waals surface area contributed by atoms with Crippen molar-refractivity contribution in [1.82, 2.24) is 24.8 Å². The first kappa shape index (κ1) is 34.9. The van der Waals surface area contributed by atoms with Crippen LogP contribution in [0.4, 0.5) is 10.6 Å².